The normalized spacial score (nSPS) is 11.9. The third kappa shape index (κ3) is 6.24. The van der Waals surface area contributed by atoms with E-state index in [0.29, 0.717) is 42.8 Å². The third-order valence-corrected chi connectivity index (χ3v) is 5.96. The number of hydrogen-bond donors (Lipinski definition) is 2. The van der Waals surface area contributed by atoms with Crippen LogP contribution in [-0.4, -0.2) is 17.3 Å². The summed E-state index contributed by atoms with van der Waals surface area (Å²) in [6, 6.07) is 17.3. The van der Waals surface area contributed by atoms with E-state index in [9.17, 15) is 4.79 Å². The van der Waals surface area contributed by atoms with E-state index < -0.39 is 0 Å². The molecule has 0 saturated carbocycles. The van der Waals surface area contributed by atoms with Gasteiger partial charge in [0.25, 0.3) is 5.91 Å². The van der Waals surface area contributed by atoms with Gasteiger partial charge in [-0.3, -0.25) is 10.2 Å². The van der Waals surface area contributed by atoms with E-state index in [1.807, 2.05) is 13.0 Å². The van der Waals surface area contributed by atoms with Crippen molar-refractivity contribution in [3.05, 3.63) is 97.4 Å². The van der Waals surface area contributed by atoms with E-state index >= 15 is 0 Å². The Hall–Kier alpha value is -2.57. The molecular weight excluding hydrogens is 490 g/mol. The van der Waals surface area contributed by atoms with Crippen molar-refractivity contribution in [3.8, 4) is 0 Å². The number of hydrogen-bond acceptors (Lipinski definition) is 4. The van der Waals surface area contributed by atoms with E-state index in [2.05, 4.69) is 21.1 Å². The summed E-state index contributed by atoms with van der Waals surface area (Å²) in [5.41, 5.74) is 9.43. The fourth-order valence-corrected chi connectivity index (χ4v) is 3.25. The number of nitrogens with zero attached hydrogens (tertiary/aromatic N) is 2. The van der Waals surface area contributed by atoms with Gasteiger partial charge in [-0.05, 0) is 67.4 Å². The van der Waals surface area contributed by atoms with Gasteiger partial charge in [0, 0.05) is 5.56 Å². The van der Waals surface area contributed by atoms with Crippen LogP contribution in [0.15, 0.2) is 70.9 Å². The predicted molar refractivity (Wildman–Crippen MR) is 135 cm³/mol. The summed E-state index contributed by atoms with van der Waals surface area (Å²) >= 11 is 24.0. The minimum atomic E-state index is -0.363. The van der Waals surface area contributed by atoms with Gasteiger partial charge < -0.3 is 0 Å². The predicted octanol–water partition coefficient (Wildman–Crippen LogP) is 7.29. The lowest BCUT2D eigenvalue weighted by Gasteiger charge is -2.07. The van der Waals surface area contributed by atoms with E-state index in [1.165, 1.54) is 0 Å². The lowest BCUT2D eigenvalue weighted by Crippen LogP contribution is -2.19. The third-order valence-electron chi connectivity index (χ3n) is 4.48. The first kappa shape index (κ1) is 24.1. The minimum Gasteiger partial charge on any atom is -0.278 e. The molecule has 0 radical (unpaired) electrons. The molecule has 1 amide bonds. The summed E-state index contributed by atoms with van der Waals surface area (Å²) in [7, 11) is 0. The maximum absolute atomic E-state index is 12.5. The van der Waals surface area contributed by atoms with Crippen molar-refractivity contribution < 1.29 is 4.79 Å². The molecule has 0 saturated heterocycles. The minimum absolute atomic E-state index is 0.363. The maximum Gasteiger partial charge on any atom is 0.271 e. The van der Waals surface area contributed by atoms with Crippen molar-refractivity contribution in [2.45, 2.75) is 13.8 Å². The molecule has 0 aliphatic rings. The second-order valence-corrected chi connectivity index (χ2v) is 8.41. The van der Waals surface area contributed by atoms with Crippen LogP contribution < -0.4 is 10.9 Å². The molecule has 0 fully saturated rings. The van der Waals surface area contributed by atoms with Crippen LogP contribution in [-0.2, 0) is 0 Å². The summed E-state index contributed by atoms with van der Waals surface area (Å²) in [5, 5.41) is 10.3. The highest BCUT2D eigenvalue weighted by atomic mass is 35.5. The zero-order valence-corrected chi connectivity index (χ0v) is 20.1. The number of amides is 1. The van der Waals surface area contributed by atoms with Crippen LogP contribution in [0, 0.1) is 0 Å². The Kier molecular flexibility index (Phi) is 8.15. The quantitative estimate of drug-likeness (QED) is 0.271. The fourth-order valence-electron chi connectivity index (χ4n) is 2.65. The first-order chi connectivity index (χ1) is 15.2. The second-order valence-electron chi connectivity index (χ2n) is 6.79. The first-order valence-corrected chi connectivity index (χ1v) is 10.9. The van der Waals surface area contributed by atoms with Gasteiger partial charge in [-0.25, -0.2) is 5.43 Å². The molecule has 0 bridgehead atoms. The molecule has 32 heavy (non-hydrogen) atoms. The summed E-state index contributed by atoms with van der Waals surface area (Å²) in [5.74, 6) is -0.363. The Labute approximate surface area is 206 Å². The Morgan fingerprint density at radius 1 is 0.688 bits per heavy atom. The van der Waals surface area contributed by atoms with E-state index in [-0.39, 0.29) is 5.91 Å². The largest absolute Gasteiger partial charge is 0.278 e. The van der Waals surface area contributed by atoms with Crippen LogP contribution in [0.2, 0.25) is 20.1 Å². The van der Waals surface area contributed by atoms with Gasteiger partial charge in [0.05, 0.1) is 37.2 Å². The molecule has 164 valence electrons. The van der Waals surface area contributed by atoms with Gasteiger partial charge in [-0.15, -0.1) is 0 Å². The maximum atomic E-state index is 12.5. The second kappa shape index (κ2) is 10.8. The highest BCUT2D eigenvalue weighted by molar-refractivity contribution is 6.42. The van der Waals surface area contributed by atoms with Crippen molar-refractivity contribution in [1.29, 1.82) is 0 Å². The molecular formula is C23H18Cl4N4O. The summed E-state index contributed by atoms with van der Waals surface area (Å²) < 4.78 is 0. The number of halogens is 4. The molecule has 0 heterocycles. The number of benzene rings is 3. The summed E-state index contributed by atoms with van der Waals surface area (Å²) in [6.07, 6.45) is 0. The van der Waals surface area contributed by atoms with E-state index in [0.717, 1.165) is 11.1 Å². The van der Waals surface area contributed by atoms with Crippen LogP contribution in [0.5, 0.6) is 0 Å². The highest BCUT2D eigenvalue weighted by Crippen LogP contribution is 2.24. The molecule has 3 aromatic rings. The number of hydrazone groups is 2. The highest BCUT2D eigenvalue weighted by Gasteiger charge is 2.08. The molecule has 0 aliphatic heterocycles. The standard InChI is InChI=1S/C23H18Cl4N4O/c1-13(15-6-8-19(24)21(26)11-15)28-30-18-5-3-4-17(10-18)23(32)31-29-14(2)16-7-9-20(25)22(27)12-16/h3-12,30H,1-2H3,(H,31,32). The number of carbonyl (C=O) groups excluding carboxylic acids is 1. The van der Waals surface area contributed by atoms with Gasteiger partial charge in [0.2, 0.25) is 0 Å². The molecule has 0 unspecified atom stereocenters. The van der Waals surface area contributed by atoms with Gasteiger partial charge in [-0.1, -0.05) is 64.6 Å². The monoisotopic (exact) mass is 506 g/mol. The zero-order chi connectivity index (χ0) is 23.3. The van der Waals surface area contributed by atoms with E-state index in [4.69, 9.17) is 46.4 Å². The molecule has 0 spiro atoms. The van der Waals surface area contributed by atoms with E-state index in [1.54, 1.807) is 61.5 Å². The molecule has 0 atom stereocenters. The number of anilines is 1. The lowest BCUT2D eigenvalue weighted by atomic mass is 10.1. The number of nitrogens with one attached hydrogen (secondary N) is 2. The topological polar surface area (TPSA) is 65.8 Å². The van der Waals surface area contributed by atoms with Crippen LogP contribution in [0.25, 0.3) is 0 Å². The fraction of sp³-hybridized carbons (Fsp3) is 0.0870. The Bertz CT molecular complexity index is 1220. The molecule has 0 aliphatic carbocycles. The van der Waals surface area contributed by atoms with Gasteiger partial charge in [-0.2, -0.15) is 10.2 Å². The van der Waals surface area contributed by atoms with Gasteiger partial charge in [0.15, 0.2) is 0 Å². The summed E-state index contributed by atoms with van der Waals surface area (Å²) in [4.78, 5) is 12.5. The van der Waals surface area contributed by atoms with Crippen LogP contribution in [0.4, 0.5) is 5.69 Å². The number of rotatable bonds is 6. The van der Waals surface area contributed by atoms with Gasteiger partial charge >= 0.3 is 0 Å². The average Bonchev–Trinajstić information content (AvgIpc) is 2.79. The van der Waals surface area contributed by atoms with Crippen molar-refractivity contribution in [2.75, 3.05) is 5.43 Å². The van der Waals surface area contributed by atoms with Crippen molar-refractivity contribution in [3.63, 3.8) is 0 Å². The van der Waals surface area contributed by atoms with Crippen molar-refractivity contribution in [1.82, 2.24) is 5.43 Å². The molecule has 5 nitrogen and oxygen atoms in total. The smallest absolute Gasteiger partial charge is 0.271 e. The molecule has 3 aromatic carbocycles. The number of carbonyl (C=O) groups is 1. The summed E-state index contributed by atoms with van der Waals surface area (Å²) in [6.45, 7) is 3.60. The Morgan fingerprint density at radius 3 is 1.81 bits per heavy atom. The van der Waals surface area contributed by atoms with Crippen LogP contribution in [0.1, 0.15) is 35.3 Å². The average molecular weight is 508 g/mol. The van der Waals surface area contributed by atoms with Crippen molar-refractivity contribution >= 4 is 69.4 Å². The van der Waals surface area contributed by atoms with Gasteiger partial charge in [0.1, 0.15) is 0 Å². The molecule has 0 aromatic heterocycles. The zero-order valence-electron chi connectivity index (χ0n) is 17.1. The Balaban J connectivity index is 1.68. The van der Waals surface area contributed by atoms with Crippen LogP contribution in [0.3, 0.4) is 0 Å². The first-order valence-electron chi connectivity index (χ1n) is 9.40. The van der Waals surface area contributed by atoms with Crippen molar-refractivity contribution in [2.24, 2.45) is 10.2 Å². The lowest BCUT2D eigenvalue weighted by molar-refractivity contribution is 0.0955. The molecule has 9 heteroatoms. The molecule has 3 rings (SSSR count). The Morgan fingerprint density at radius 2 is 1.25 bits per heavy atom. The molecule has 2 N–H and O–H groups in total. The SMILES string of the molecule is CC(=NNC(=O)c1cccc(NN=C(C)c2ccc(Cl)c(Cl)c2)c1)c1ccc(Cl)c(Cl)c1. The van der Waals surface area contributed by atoms with Crippen LogP contribution >= 0.6 is 46.4 Å².